The van der Waals surface area contributed by atoms with Gasteiger partial charge in [0.25, 0.3) is 5.91 Å². The smallest absolute Gasteiger partial charge is 0.391 e. The Morgan fingerprint density at radius 2 is 1.78 bits per heavy atom. The molecule has 0 unspecified atom stereocenters. The minimum absolute atomic E-state index is 0.0253. The molecule has 4 rings (SSSR count). The van der Waals surface area contributed by atoms with Gasteiger partial charge in [-0.25, -0.2) is 15.5 Å². The Labute approximate surface area is 273 Å². The number of hydrogen-bond acceptors (Lipinski definition) is 6. The zero-order chi connectivity index (χ0) is 33.9. The van der Waals surface area contributed by atoms with Gasteiger partial charge in [0.05, 0.1) is 18.1 Å². The lowest BCUT2D eigenvalue weighted by atomic mass is 9.85. The van der Waals surface area contributed by atoms with Crippen LogP contribution >= 0.6 is 23.8 Å². The minimum Gasteiger partial charge on any atom is -0.497 e. The summed E-state index contributed by atoms with van der Waals surface area (Å²) < 4.78 is 44.8. The van der Waals surface area contributed by atoms with Crippen LogP contribution in [0, 0.1) is 12.8 Å². The lowest BCUT2D eigenvalue weighted by Crippen LogP contribution is -2.40. The van der Waals surface area contributed by atoms with E-state index in [4.69, 9.17) is 34.4 Å². The number of amides is 1. The normalized spacial score (nSPS) is 16.0. The Bertz CT molecular complexity index is 1420. The summed E-state index contributed by atoms with van der Waals surface area (Å²) in [5, 5.41) is 10.9. The number of aromatic nitrogens is 3. The van der Waals surface area contributed by atoms with E-state index in [-0.39, 0.29) is 24.7 Å². The molecular formula is C31H43ClF3N7O2S. The molecule has 1 saturated carbocycles. The molecule has 9 nitrogen and oxygen atoms in total. The number of thiocarbonyl (C=S) groups is 1. The van der Waals surface area contributed by atoms with Crippen LogP contribution in [-0.4, -0.2) is 45.1 Å². The van der Waals surface area contributed by atoms with Crippen molar-refractivity contribution in [2.24, 2.45) is 18.8 Å². The lowest BCUT2D eigenvalue weighted by Gasteiger charge is -2.30. The Hall–Kier alpha value is -3.42. The summed E-state index contributed by atoms with van der Waals surface area (Å²) in [5.41, 5.74) is 6.08. The van der Waals surface area contributed by atoms with E-state index in [9.17, 15) is 18.0 Å². The van der Waals surface area contributed by atoms with Crippen molar-refractivity contribution in [2.45, 2.75) is 78.4 Å². The number of rotatable bonds is 6. The fourth-order valence-electron chi connectivity index (χ4n) is 4.75. The molecular weight excluding hydrogens is 627 g/mol. The van der Waals surface area contributed by atoms with Gasteiger partial charge < -0.3 is 20.8 Å². The molecule has 1 heterocycles. The van der Waals surface area contributed by atoms with Gasteiger partial charge in [-0.2, -0.15) is 18.3 Å². The van der Waals surface area contributed by atoms with Crippen molar-refractivity contribution in [1.29, 1.82) is 0 Å². The first kappa shape index (κ1) is 37.8. The van der Waals surface area contributed by atoms with Crippen LogP contribution in [-0.2, 0) is 7.05 Å². The highest BCUT2D eigenvalue weighted by Crippen LogP contribution is 2.37. The summed E-state index contributed by atoms with van der Waals surface area (Å²) in [4.78, 5) is 16.8. The molecule has 14 heteroatoms. The van der Waals surface area contributed by atoms with Gasteiger partial charge in [-0.1, -0.05) is 51.4 Å². The first-order valence-corrected chi connectivity index (χ1v) is 15.5. The Morgan fingerprint density at radius 1 is 1.13 bits per heavy atom. The summed E-state index contributed by atoms with van der Waals surface area (Å²) in [5.74, 6) is 5.11. The van der Waals surface area contributed by atoms with Crippen molar-refractivity contribution in [2.75, 3.05) is 12.4 Å². The van der Waals surface area contributed by atoms with Crippen LogP contribution in [0.25, 0.3) is 11.4 Å². The van der Waals surface area contributed by atoms with Gasteiger partial charge in [-0.05, 0) is 80.1 Å². The Morgan fingerprint density at radius 3 is 2.31 bits per heavy atom. The molecule has 0 aliphatic heterocycles. The molecule has 1 fully saturated rings. The number of alkyl halides is 3. The number of carbonyl (C=O) groups is 1. The second kappa shape index (κ2) is 17.3. The number of nitrogens with two attached hydrogens (primary N) is 1. The zero-order valence-corrected chi connectivity index (χ0v) is 28.3. The first-order chi connectivity index (χ1) is 21.2. The van der Waals surface area contributed by atoms with Gasteiger partial charge in [0.1, 0.15) is 5.75 Å². The van der Waals surface area contributed by atoms with Gasteiger partial charge in [-0.3, -0.25) is 4.79 Å². The van der Waals surface area contributed by atoms with Crippen LogP contribution < -0.4 is 26.6 Å². The molecule has 0 atom stereocenters. The van der Waals surface area contributed by atoms with Crippen molar-refractivity contribution < 1.29 is 22.7 Å². The van der Waals surface area contributed by atoms with Gasteiger partial charge >= 0.3 is 6.18 Å². The van der Waals surface area contributed by atoms with Gasteiger partial charge in [0.15, 0.2) is 10.9 Å². The van der Waals surface area contributed by atoms with Crippen LogP contribution in [0.1, 0.15) is 81.0 Å². The summed E-state index contributed by atoms with van der Waals surface area (Å²) in [6.45, 7) is 10.1. The van der Waals surface area contributed by atoms with E-state index < -0.39 is 18.0 Å². The number of nitrogens with one attached hydrogen (secondary N) is 3. The number of nitrogens with zero attached hydrogens (tertiary/aromatic N) is 3. The number of benzene rings is 2. The summed E-state index contributed by atoms with van der Waals surface area (Å²) in [6, 6.07) is 11.0. The number of ether oxygens (including phenoxy) is 1. The number of aryl methyl sites for hydroxylation is 2. The molecule has 1 aliphatic carbocycles. The average Bonchev–Trinajstić information content (AvgIpc) is 3.39. The maximum atomic E-state index is 12.8. The van der Waals surface area contributed by atoms with E-state index in [0.29, 0.717) is 40.3 Å². The zero-order valence-electron chi connectivity index (χ0n) is 26.7. The third-order valence-electron chi connectivity index (χ3n) is 7.12. The number of carbonyl (C=O) groups excluding carboxylic acids is 1. The standard InChI is InChI=1S/C18H20ClF3N4O.C11H17N3OS.C2H6/c1-10-3-8-13(14(19)9-10)15-24-16(26(2)25-15)17(27)23-12-6-4-11(5-7-12)18(20,21)22;1-7(2)9-5-4-8(15-3)6-10(9)13-11(16)14-12;1-2/h3,8-9,11-12H,4-7H2,1-2H3,(H,23,27);4-7H,12H2,1-3H3,(H2,13,14,16);1-2H3. The number of hydrazine groups is 1. The van der Waals surface area contributed by atoms with E-state index in [0.717, 1.165) is 17.0 Å². The van der Waals surface area contributed by atoms with Crippen molar-refractivity contribution in [3.05, 3.63) is 58.4 Å². The van der Waals surface area contributed by atoms with Crippen molar-refractivity contribution in [1.82, 2.24) is 25.5 Å². The summed E-state index contributed by atoms with van der Waals surface area (Å²) >= 11 is 11.2. The van der Waals surface area contributed by atoms with Crippen molar-refractivity contribution in [3.63, 3.8) is 0 Å². The minimum atomic E-state index is -4.17. The molecule has 0 bridgehead atoms. The van der Waals surface area contributed by atoms with Crippen LogP contribution in [0.15, 0.2) is 36.4 Å². The van der Waals surface area contributed by atoms with E-state index in [2.05, 4.69) is 40.0 Å². The predicted molar refractivity (Wildman–Crippen MR) is 177 cm³/mol. The molecule has 3 aromatic rings. The van der Waals surface area contributed by atoms with E-state index in [1.807, 2.05) is 45.0 Å². The van der Waals surface area contributed by atoms with Crippen LogP contribution in [0.3, 0.4) is 0 Å². The maximum absolute atomic E-state index is 12.8. The number of anilines is 1. The fraction of sp³-hybridized carbons (Fsp3) is 0.484. The molecule has 5 N–H and O–H groups in total. The molecule has 1 aromatic heterocycles. The second-order valence-electron chi connectivity index (χ2n) is 10.6. The topological polar surface area (TPSA) is 119 Å². The third kappa shape index (κ3) is 10.9. The fourth-order valence-corrected chi connectivity index (χ4v) is 5.17. The highest BCUT2D eigenvalue weighted by Gasteiger charge is 2.41. The Balaban J connectivity index is 0.000000335. The molecule has 2 aromatic carbocycles. The van der Waals surface area contributed by atoms with Crippen molar-refractivity contribution >= 4 is 40.5 Å². The summed E-state index contributed by atoms with van der Waals surface area (Å²) in [6.07, 6.45) is -3.52. The molecule has 1 aliphatic rings. The van der Waals surface area contributed by atoms with Crippen LogP contribution in [0.2, 0.25) is 5.02 Å². The van der Waals surface area contributed by atoms with Crippen LogP contribution in [0.5, 0.6) is 5.75 Å². The quantitative estimate of drug-likeness (QED) is 0.123. The van der Waals surface area contributed by atoms with Crippen molar-refractivity contribution in [3.8, 4) is 17.1 Å². The monoisotopic (exact) mass is 669 g/mol. The molecule has 248 valence electrons. The molecule has 45 heavy (non-hydrogen) atoms. The number of halogens is 4. The highest BCUT2D eigenvalue weighted by atomic mass is 35.5. The largest absolute Gasteiger partial charge is 0.497 e. The molecule has 1 amide bonds. The summed E-state index contributed by atoms with van der Waals surface area (Å²) in [7, 11) is 3.22. The van der Waals surface area contributed by atoms with Gasteiger partial charge in [-0.15, -0.1) is 0 Å². The van der Waals surface area contributed by atoms with Gasteiger partial charge in [0.2, 0.25) is 5.82 Å². The van der Waals surface area contributed by atoms with Crippen LogP contribution in [0.4, 0.5) is 18.9 Å². The second-order valence-corrected chi connectivity index (χ2v) is 11.5. The van der Waals surface area contributed by atoms with E-state index in [1.165, 1.54) is 10.2 Å². The van der Waals surface area contributed by atoms with E-state index in [1.54, 1.807) is 26.3 Å². The van der Waals surface area contributed by atoms with E-state index >= 15 is 0 Å². The average molecular weight is 670 g/mol. The molecule has 0 spiro atoms. The molecule has 0 saturated heterocycles. The Kier molecular flexibility index (Phi) is 14.5. The third-order valence-corrected chi connectivity index (χ3v) is 7.65. The number of hydrogen-bond donors (Lipinski definition) is 4. The van der Waals surface area contributed by atoms with Gasteiger partial charge in [0, 0.05) is 30.4 Å². The highest BCUT2D eigenvalue weighted by molar-refractivity contribution is 7.80. The number of methoxy groups -OCH3 is 1. The SMILES string of the molecule is CC.COc1ccc(C(C)C)c(NC(=S)NN)c1.Cc1ccc(-c2nc(C(=O)NC3CCC(C(F)(F)F)CC3)n(C)n2)c(Cl)c1. The maximum Gasteiger partial charge on any atom is 0.391 e. The first-order valence-electron chi connectivity index (χ1n) is 14.7. The predicted octanol–water partition coefficient (Wildman–Crippen LogP) is 7.30. The molecule has 0 radical (unpaired) electrons. The lowest BCUT2D eigenvalue weighted by molar-refractivity contribution is -0.182.